The van der Waals surface area contributed by atoms with Crippen LogP contribution >= 0.6 is 0 Å². The molecular formula is C10H23NaO. The van der Waals surface area contributed by atoms with Gasteiger partial charge in [0, 0.05) is 0 Å². The molecule has 0 aromatic heterocycles. The fourth-order valence-electron chi connectivity index (χ4n) is 1.07. The van der Waals surface area contributed by atoms with Gasteiger partial charge in [0.1, 0.15) is 0 Å². The van der Waals surface area contributed by atoms with E-state index in [4.69, 9.17) is 0 Å². The molecule has 0 fully saturated rings. The van der Waals surface area contributed by atoms with Gasteiger partial charge in [-0.05, 0) is 24.7 Å². The molecule has 1 unspecified atom stereocenters. The summed E-state index contributed by atoms with van der Waals surface area (Å²) in [6, 6.07) is 0. The van der Waals surface area contributed by atoms with E-state index in [1.54, 1.807) is 0 Å². The first-order valence-electron chi connectivity index (χ1n) is 4.64. The Bertz CT molecular complexity index is 102. The molecule has 0 aliphatic heterocycles. The van der Waals surface area contributed by atoms with Gasteiger partial charge in [0.05, 0.1) is 6.10 Å². The van der Waals surface area contributed by atoms with E-state index < -0.39 is 0 Å². The Labute approximate surface area is 101 Å². The van der Waals surface area contributed by atoms with Crippen molar-refractivity contribution >= 4 is 0 Å². The standard InChI is InChI=1S/C10H22O.Na.H/c1-5-9(11)7-6-8-10(2,3)4;;/h9,11H,5-8H2,1-4H3;;/q;+1;-1. The fraction of sp³-hybridized carbons (Fsp3) is 1.00. The van der Waals surface area contributed by atoms with Crippen LogP contribution in [0.3, 0.4) is 0 Å². The van der Waals surface area contributed by atoms with Gasteiger partial charge < -0.3 is 6.53 Å². The number of hydrogen-bond donors (Lipinski definition) is 1. The van der Waals surface area contributed by atoms with Crippen LogP contribution in [-0.2, 0) is 0 Å². The third-order valence-electron chi connectivity index (χ3n) is 1.94. The molecule has 0 aliphatic rings. The van der Waals surface area contributed by atoms with Crippen molar-refractivity contribution in [3.05, 3.63) is 0 Å². The van der Waals surface area contributed by atoms with Crippen molar-refractivity contribution < 1.29 is 36.1 Å². The number of aliphatic hydroxyl groups excluding tert-OH is 1. The van der Waals surface area contributed by atoms with Crippen molar-refractivity contribution in [3.8, 4) is 0 Å². The Morgan fingerprint density at radius 3 is 2.17 bits per heavy atom. The monoisotopic (exact) mass is 182 g/mol. The topological polar surface area (TPSA) is 20.2 Å². The van der Waals surface area contributed by atoms with Crippen molar-refractivity contribution in [1.82, 2.24) is 0 Å². The summed E-state index contributed by atoms with van der Waals surface area (Å²) < 4.78 is 0. The van der Waals surface area contributed by atoms with Gasteiger partial charge in [-0.2, -0.15) is 0 Å². The first kappa shape index (κ1) is 15.4. The van der Waals surface area contributed by atoms with Crippen molar-refractivity contribution in [2.75, 3.05) is 0 Å². The van der Waals surface area contributed by atoms with Crippen molar-refractivity contribution in [1.29, 1.82) is 0 Å². The average Bonchev–Trinajstić information content (AvgIpc) is 1.85. The molecule has 70 valence electrons. The minimum absolute atomic E-state index is 0. The van der Waals surface area contributed by atoms with Gasteiger partial charge in [0.25, 0.3) is 0 Å². The zero-order valence-corrected chi connectivity index (χ0v) is 11.4. The first-order valence-corrected chi connectivity index (χ1v) is 4.64. The van der Waals surface area contributed by atoms with Crippen LogP contribution in [-0.4, -0.2) is 11.2 Å². The van der Waals surface area contributed by atoms with Crippen LogP contribution < -0.4 is 29.6 Å². The third kappa shape index (κ3) is 11.0. The van der Waals surface area contributed by atoms with Crippen molar-refractivity contribution in [3.63, 3.8) is 0 Å². The van der Waals surface area contributed by atoms with Crippen LogP contribution in [0.2, 0.25) is 0 Å². The maximum Gasteiger partial charge on any atom is 1.00 e. The van der Waals surface area contributed by atoms with E-state index in [2.05, 4.69) is 20.8 Å². The second-order valence-electron chi connectivity index (χ2n) is 4.51. The largest absolute Gasteiger partial charge is 1.00 e. The zero-order chi connectivity index (χ0) is 8.91. The Kier molecular flexibility index (Phi) is 9.48. The minimum atomic E-state index is -0.0719. The second kappa shape index (κ2) is 7.37. The number of rotatable bonds is 4. The van der Waals surface area contributed by atoms with Gasteiger partial charge >= 0.3 is 29.6 Å². The van der Waals surface area contributed by atoms with Crippen molar-refractivity contribution in [2.45, 2.75) is 59.5 Å². The Morgan fingerprint density at radius 1 is 1.33 bits per heavy atom. The summed E-state index contributed by atoms with van der Waals surface area (Å²) in [6.07, 6.45) is 4.15. The van der Waals surface area contributed by atoms with Gasteiger partial charge in [-0.1, -0.05) is 34.1 Å². The molecule has 1 atom stereocenters. The normalized spacial score (nSPS) is 13.8. The SMILES string of the molecule is CCC(O)CCCC(C)(C)C.[H-].[Na+]. The number of aliphatic hydroxyl groups is 1. The maximum absolute atomic E-state index is 9.25. The molecule has 0 aliphatic carbocycles. The molecule has 0 amide bonds. The summed E-state index contributed by atoms with van der Waals surface area (Å²) in [5, 5.41) is 9.25. The minimum Gasteiger partial charge on any atom is -1.00 e. The van der Waals surface area contributed by atoms with E-state index >= 15 is 0 Å². The van der Waals surface area contributed by atoms with E-state index in [9.17, 15) is 5.11 Å². The molecule has 0 saturated heterocycles. The molecule has 0 bridgehead atoms. The van der Waals surface area contributed by atoms with Gasteiger partial charge in [-0.15, -0.1) is 0 Å². The van der Waals surface area contributed by atoms with E-state index in [1.165, 1.54) is 6.42 Å². The summed E-state index contributed by atoms with van der Waals surface area (Å²) in [5.74, 6) is 0. The first-order chi connectivity index (χ1) is 4.95. The third-order valence-corrected chi connectivity index (χ3v) is 1.94. The van der Waals surface area contributed by atoms with Gasteiger partial charge in [-0.3, -0.25) is 0 Å². The van der Waals surface area contributed by atoms with Crippen LogP contribution in [0.15, 0.2) is 0 Å². The predicted molar refractivity (Wildman–Crippen MR) is 50.7 cm³/mol. The van der Waals surface area contributed by atoms with E-state index in [0.29, 0.717) is 5.41 Å². The quantitative estimate of drug-likeness (QED) is 0.611. The smallest absolute Gasteiger partial charge is 1.00 e. The van der Waals surface area contributed by atoms with Gasteiger partial charge in [0.2, 0.25) is 0 Å². The average molecular weight is 182 g/mol. The Balaban J connectivity index is -0.000000500. The Hall–Kier alpha value is 0.960. The summed E-state index contributed by atoms with van der Waals surface area (Å²) in [6.45, 7) is 8.75. The van der Waals surface area contributed by atoms with Gasteiger partial charge in [-0.25, -0.2) is 0 Å². The molecule has 12 heavy (non-hydrogen) atoms. The van der Waals surface area contributed by atoms with Crippen LogP contribution in [0.1, 0.15) is 54.8 Å². The summed E-state index contributed by atoms with van der Waals surface area (Å²) in [7, 11) is 0. The zero-order valence-electron chi connectivity index (χ0n) is 10.4. The molecule has 0 spiro atoms. The van der Waals surface area contributed by atoms with Crippen LogP contribution in [0, 0.1) is 5.41 Å². The molecule has 0 aromatic rings. The molecule has 0 radical (unpaired) electrons. The van der Waals surface area contributed by atoms with Crippen LogP contribution in [0.25, 0.3) is 0 Å². The van der Waals surface area contributed by atoms with Crippen LogP contribution in [0.4, 0.5) is 0 Å². The molecule has 1 N–H and O–H groups in total. The fourth-order valence-corrected chi connectivity index (χ4v) is 1.07. The summed E-state index contributed by atoms with van der Waals surface area (Å²) in [4.78, 5) is 0. The molecule has 1 nitrogen and oxygen atoms in total. The predicted octanol–water partition coefficient (Wildman–Crippen LogP) is 0.0902. The molecule has 0 aromatic carbocycles. The van der Waals surface area contributed by atoms with E-state index in [0.717, 1.165) is 19.3 Å². The Morgan fingerprint density at radius 2 is 1.83 bits per heavy atom. The van der Waals surface area contributed by atoms with Crippen molar-refractivity contribution in [2.24, 2.45) is 5.41 Å². The number of hydrogen-bond acceptors (Lipinski definition) is 1. The van der Waals surface area contributed by atoms with Crippen LogP contribution in [0.5, 0.6) is 0 Å². The molecule has 0 saturated carbocycles. The molecule has 0 rings (SSSR count). The second-order valence-corrected chi connectivity index (χ2v) is 4.51. The maximum atomic E-state index is 9.25. The molecule has 2 heteroatoms. The van der Waals surface area contributed by atoms with E-state index in [1.807, 2.05) is 6.92 Å². The van der Waals surface area contributed by atoms with Gasteiger partial charge in [0.15, 0.2) is 0 Å². The summed E-state index contributed by atoms with van der Waals surface area (Å²) >= 11 is 0. The molecular weight excluding hydrogens is 159 g/mol. The molecule has 0 heterocycles. The summed E-state index contributed by atoms with van der Waals surface area (Å²) in [5.41, 5.74) is 0.424. The van der Waals surface area contributed by atoms with E-state index in [-0.39, 0.29) is 37.1 Å².